The minimum absolute atomic E-state index is 0.152. The quantitative estimate of drug-likeness (QED) is 0.526. The molecule has 150 valence electrons. The molecule has 3 nitrogen and oxygen atoms in total. The average molecular weight is 380 g/mol. The van der Waals surface area contributed by atoms with Crippen molar-refractivity contribution >= 4 is 5.91 Å². The summed E-state index contributed by atoms with van der Waals surface area (Å²) in [6.45, 7) is 2.94. The maximum absolute atomic E-state index is 11.8. The standard InChI is InChI=1S/C25H33NO2/c1-25(22-16-17-22,21-14-8-3-9-15-21)23(19-24(26)27)28-18-10-4-7-13-20-11-5-2-6-12-20/h2-3,5-6,8-9,11-12,14-15,22-23H,4,7,10,13,16-19H2,1H3,(H2,26,27). The lowest BCUT2D eigenvalue weighted by molar-refractivity contribution is -0.123. The van der Waals surface area contributed by atoms with Crippen molar-refractivity contribution in [1.82, 2.24) is 0 Å². The van der Waals surface area contributed by atoms with Gasteiger partial charge in [-0.25, -0.2) is 0 Å². The molecule has 3 heteroatoms. The van der Waals surface area contributed by atoms with Gasteiger partial charge in [0.25, 0.3) is 0 Å². The number of aryl methyl sites for hydroxylation is 1. The number of hydrogen-bond donors (Lipinski definition) is 1. The van der Waals surface area contributed by atoms with Crippen molar-refractivity contribution in [1.29, 1.82) is 0 Å². The fourth-order valence-electron chi connectivity index (χ4n) is 4.27. The molecule has 1 fully saturated rings. The first-order valence-electron chi connectivity index (χ1n) is 10.6. The van der Waals surface area contributed by atoms with E-state index in [1.165, 1.54) is 24.0 Å². The van der Waals surface area contributed by atoms with Gasteiger partial charge in [-0.1, -0.05) is 74.0 Å². The van der Waals surface area contributed by atoms with Crippen molar-refractivity contribution in [3.63, 3.8) is 0 Å². The number of nitrogens with two attached hydrogens (primary N) is 1. The van der Waals surface area contributed by atoms with Crippen molar-refractivity contribution in [2.45, 2.75) is 63.4 Å². The van der Waals surface area contributed by atoms with E-state index in [-0.39, 0.29) is 23.8 Å². The Bertz CT molecular complexity index is 727. The molecule has 0 bridgehead atoms. The highest BCUT2D eigenvalue weighted by molar-refractivity contribution is 5.74. The summed E-state index contributed by atoms with van der Waals surface area (Å²) in [6, 6.07) is 21.1. The van der Waals surface area contributed by atoms with Gasteiger partial charge in [0.15, 0.2) is 0 Å². The second kappa shape index (κ2) is 9.88. The van der Waals surface area contributed by atoms with E-state index in [2.05, 4.69) is 61.5 Å². The smallest absolute Gasteiger partial charge is 0.220 e. The zero-order valence-corrected chi connectivity index (χ0v) is 17.0. The van der Waals surface area contributed by atoms with Crippen LogP contribution in [0.25, 0.3) is 0 Å². The molecule has 0 radical (unpaired) electrons. The van der Waals surface area contributed by atoms with E-state index in [1.807, 2.05) is 6.07 Å². The number of carbonyl (C=O) groups is 1. The van der Waals surface area contributed by atoms with Crippen LogP contribution in [-0.4, -0.2) is 18.6 Å². The summed E-state index contributed by atoms with van der Waals surface area (Å²) in [5.74, 6) is 0.286. The average Bonchev–Trinajstić information content (AvgIpc) is 3.56. The van der Waals surface area contributed by atoms with Gasteiger partial charge in [0, 0.05) is 12.0 Å². The molecule has 3 rings (SSSR count). The third kappa shape index (κ3) is 5.45. The first kappa shape index (κ1) is 20.6. The zero-order chi connectivity index (χ0) is 19.8. The SMILES string of the molecule is CC(c1ccccc1)(C1CC1)C(CC(N)=O)OCCCCCc1ccccc1. The molecule has 0 spiro atoms. The molecule has 28 heavy (non-hydrogen) atoms. The fraction of sp³-hybridized carbons (Fsp3) is 0.480. The normalized spacial score (nSPS) is 17.0. The minimum atomic E-state index is -0.281. The summed E-state index contributed by atoms with van der Waals surface area (Å²) in [4.78, 5) is 11.8. The van der Waals surface area contributed by atoms with Crippen LogP contribution in [0, 0.1) is 5.92 Å². The van der Waals surface area contributed by atoms with Crippen LogP contribution in [0.15, 0.2) is 60.7 Å². The number of carbonyl (C=O) groups excluding carboxylic acids is 1. The number of benzene rings is 2. The Hall–Kier alpha value is -2.13. The predicted molar refractivity (Wildman–Crippen MR) is 114 cm³/mol. The molecule has 1 amide bonds. The van der Waals surface area contributed by atoms with Crippen molar-refractivity contribution in [3.8, 4) is 0 Å². The number of unbranched alkanes of at least 4 members (excludes halogenated alkanes) is 2. The first-order chi connectivity index (χ1) is 13.6. The van der Waals surface area contributed by atoms with Crippen LogP contribution in [0.2, 0.25) is 0 Å². The van der Waals surface area contributed by atoms with E-state index < -0.39 is 0 Å². The van der Waals surface area contributed by atoms with Gasteiger partial charge >= 0.3 is 0 Å². The Morgan fingerprint density at radius 3 is 2.29 bits per heavy atom. The maximum atomic E-state index is 11.8. The summed E-state index contributed by atoms with van der Waals surface area (Å²) in [5, 5.41) is 0. The predicted octanol–water partition coefficient (Wildman–Crippen LogP) is 5.03. The molecular formula is C25H33NO2. The van der Waals surface area contributed by atoms with Gasteiger partial charge < -0.3 is 10.5 Å². The number of hydrogen-bond acceptors (Lipinski definition) is 2. The molecule has 0 heterocycles. The van der Waals surface area contributed by atoms with Crippen LogP contribution < -0.4 is 5.73 Å². The Morgan fingerprint density at radius 2 is 1.68 bits per heavy atom. The topological polar surface area (TPSA) is 52.3 Å². The highest BCUT2D eigenvalue weighted by Gasteiger charge is 2.48. The van der Waals surface area contributed by atoms with Crippen molar-refractivity contribution < 1.29 is 9.53 Å². The van der Waals surface area contributed by atoms with Crippen LogP contribution in [-0.2, 0) is 21.4 Å². The maximum Gasteiger partial charge on any atom is 0.220 e. The Morgan fingerprint density at radius 1 is 1.04 bits per heavy atom. The molecule has 2 atom stereocenters. The molecule has 0 aromatic heterocycles. The third-order valence-electron chi connectivity index (χ3n) is 6.15. The first-order valence-corrected chi connectivity index (χ1v) is 10.6. The van der Waals surface area contributed by atoms with Crippen LogP contribution in [0.5, 0.6) is 0 Å². The van der Waals surface area contributed by atoms with E-state index in [0.717, 1.165) is 25.7 Å². The summed E-state index contributed by atoms with van der Waals surface area (Å²) < 4.78 is 6.33. The highest BCUT2D eigenvalue weighted by atomic mass is 16.5. The van der Waals surface area contributed by atoms with E-state index in [1.54, 1.807) is 0 Å². The van der Waals surface area contributed by atoms with Gasteiger partial charge in [-0.05, 0) is 49.1 Å². The van der Waals surface area contributed by atoms with Gasteiger partial charge in [0.1, 0.15) is 0 Å². The molecule has 0 saturated heterocycles. The number of amides is 1. The van der Waals surface area contributed by atoms with Crippen molar-refractivity contribution in [2.24, 2.45) is 11.7 Å². The van der Waals surface area contributed by atoms with Crippen LogP contribution in [0.4, 0.5) is 0 Å². The lowest BCUT2D eigenvalue weighted by atomic mass is 9.72. The molecule has 2 aromatic carbocycles. The monoisotopic (exact) mass is 379 g/mol. The Kier molecular flexibility index (Phi) is 7.27. The number of primary amides is 1. The molecular weight excluding hydrogens is 346 g/mol. The summed E-state index contributed by atoms with van der Waals surface area (Å²) in [6.07, 6.45) is 6.92. The van der Waals surface area contributed by atoms with E-state index in [4.69, 9.17) is 10.5 Å². The van der Waals surface area contributed by atoms with Gasteiger partial charge in [-0.2, -0.15) is 0 Å². The summed E-state index contributed by atoms with van der Waals surface area (Å²) in [5.41, 5.74) is 8.08. The van der Waals surface area contributed by atoms with Gasteiger partial charge in [0.2, 0.25) is 5.91 Å². The van der Waals surface area contributed by atoms with Crippen molar-refractivity contribution in [2.75, 3.05) is 6.61 Å². The minimum Gasteiger partial charge on any atom is -0.377 e. The molecule has 2 unspecified atom stereocenters. The molecule has 1 aliphatic rings. The lowest BCUT2D eigenvalue weighted by Gasteiger charge is -2.38. The molecule has 2 aromatic rings. The molecule has 0 aliphatic heterocycles. The second-order valence-electron chi connectivity index (χ2n) is 8.25. The van der Waals surface area contributed by atoms with Crippen LogP contribution in [0.1, 0.15) is 56.6 Å². The fourth-order valence-corrected chi connectivity index (χ4v) is 4.27. The van der Waals surface area contributed by atoms with Crippen LogP contribution >= 0.6 is 0 Å². The largest absolute Gasteiger partial charge is 0.377 e. The van der Waals surface area contributed by atoms with E-state index in [9.17, 15) is 4.79 Å². The Labute approximate surface area is 169 Å². The van der Waals surface area contributed by atoms with Gasteiger partial charge in [-0.3, -0.25) is 4.79 Å². The van der Waals surface area contributed by atoms with E-state index >= 15 is 0 Å². The summed E-state index contributed by atoms with van der Waals surface area (Å²) >= 11 is 0. The third-order valence-corrected chi connectivity index (χ3v) is 6.15. The van der Waals surface area contributed by atoms with Gasteiger partial charge in [0.05, 0.1) is 12.5 Å². The molecule has 1 aliphatic carbocycles. The molecule has 2 N–H and O–H groups in total. The Balaban J connectivity index is 1.55. The lowest BCUT2D eigenvalue weighted by Crippen LogP contribution is -2.43. The van der Waals surface area contributed by atoms with Gasteiger partial charge in [-0.15, -0.1) is 0 Å². The highest BCUT2D eigenvalue weighted by Crippen LogP contribution is 2.50. The summed E-state index contributed by atoms with van der Waals surface area (Å²) in [7, 11) is 0. The number of ether oxygens (including phenoxy) is 1. The second-order valence-corrected chi connectivity index (χ2v) is 8.25. The van der Waals surface area contributed by atoms with Crippen molar-refractivity contribution in [3.05, 3.63) is 71.8 Å². The van der Waals surface area contributed by atoms with Crippen LogP contribution in [0.3, 0.4) is 0 Å². The zero-order valence-electron chi connectivity index (χ0n) is 17.0. The molecule has 1 saturated carbocycles. The van der Waals surface area contributed by atoms with E-state index in [0.29, 0.717) is 12.5 Å². The number of rotatable bonds is 12.